The topological polar surface area (TPSA) is 348 Å². The summed E-state index contributed by atoms with van der Waals surface area (Å²) in [5.41, 5.74) is -2.87. The number of aliphatic hydroxyl groups is 8. The minimum atomic E-state index is -1.94. The summed E-state index contributed by atoms with van der Waals surface area (Å²) in [7, 11) is 0. The molecule has 2 saturated heterocycles. The summed E-state index contributed by atoms with van der Waals surface area (Å²) in [4.78, 5) is 54.2. The van der Waals surface area contributed by atoms with Crippen molar-refractivity contribution in [2.24, 2.45) is 0 Å². The Kier molecular flexibility index (Phi) is 13.0. The number of hydrogen-bond donors (Lipinski definition) is 12. The number of carboxylic acid groups (broad SMARTS) is 2. The van der Waals surface area contributed by atoms with E-state index in [4.69, 9.17) is 18.9 Å². The summed E-state index contributed by atoms with van der Waals surface area (Å²) in [5.74, 6) is -10.1. The van der Waals surface area contributed by atoms with E-state index in [0.717, 1.165) is 24.3 Å². The maximum atomic E-state index is 14.7. The van der Waals surface area contributed by atoms with E-state index in [0.29, 0.717) is 0 Å². The molecule has 0 amide bonds. The Bertz CT molecular complexity index is 2330. The maximum Gasteiger partial charge on any atom is 0.335 e. The number of carboxylic acids is 2. The molecule has 4 aromatic carbocycles. The number of carbonyl (C=O) groups excluding carboxylic acids is 2. The second-order valence-corrected chi connectivity index (χ2v) is 15.2. The van der Waals surface area contributed by atoms with Crippen molar-refractivity contribution < 1.29 is 99.4 Å². The average molecular weight is 903 g/mol. The van der Waals surface area contributed by atoms with Crippen LogP contribution in [0.3, 0.4) is 0 Å². The molecule has 12 atom stereocenters. The van der Waals surface area contributed by atoms with Crippen LogP contribution in [-0.4, -0.2) is 197 Å². The van der Waals surface area contributed by atoms with Crippen molar-refractivity contribution in [1.29, 1.82) is 0 Å². The minimum Gasteiger partial charge on any atom is -0.507 e. The second kappa shape index (κ2) is 17.7. The van der Waals surface area contributed by atoms with Gasteiger partial charge >= 0.3 is 11.9 Å². The molecule has 8 rings (SSSR count). The van der Waals surface area contributed by atoms with E-state index in [1.54, 1.807) is 0 Å². The minimum absolute atomic E-state index is 0. The predicted molar refractivity (Wildman–Crippen MR) is 208 cm³/mol. The first-order valence-corrected chi connectivity index (χ1v) is 19.0. The molecule has 12 unspecified atom stereocenters. The van der Waals surface area contributed by atoms with Crippen LogP contribution in [0.25, 0.3) is 0 Å². The number of ketones is 2. The zero-order valence-corrected chi connectivity index (χ0v) is 34.7. The van der Waals surface area contributed by atoms with E-state index in [1.807, 2.05) is 0 Å². The maximum absolute atomic E-state index is 14.7. The normalized spacial score (nSPS) is 29.6. The first kappa shape index (κ1) is 46.2. The Morgan fingerprint density at radius 1 is 0.524 bits per heavy atom. The van der Waals surface area contributed by atoms with Crippen LogP contribution in [0.2, 0.25) is 0 Å². The monoisotopic (exact) mass is 902 g/mol. The zero-order valence-electron chi connectivity index (χ0n) is 32.5. The SMILES string of the molecule is O=C(O)c1cc(O)c2c(c1)C(C1c3cc(C(=O)O)cc(O)c3C(=O)c3c(OC4OC(CO)C(O)C(O)C4O)cccc31)c1cccc(OC3OC(CO)C(O)C(O)C3O)c1C2=O.[Ca]. The van der Waals surface area contributed by atoms with E-state index in [1.165, 1.54) is 36.4 Å². The largest absolute Gasteiger partial charge is 0.507 e. The third kappa shape index (κ3) is 7.63. The van der Waals surface area contributed by atoms with Crippen molar-refractivity contribution in [2.75, 3.05) is 13.2 Å². The number of ether oxygens (including phenoxy) is 4. The van der Waals surface area contributed by atoms with Crippen molar-refractivity contribution in [3.63, 3.8) is 0 Å². The van der Waals surface area contributed by atoms with E-state index >= 15 is 0 Å². The number of benzene rings is 4. The van der Waals surface area contributed by atoms with E-state index in [-0.39, 0.29) is 82.6 Å². The Hall–Kier alpha value is -4.78. The standard InChI is InChI=1S/C42H38O20.Ca/c43-11-23-31(47)35(51)37(53)41(61-23)59-21-5-1-3-15-25(17-7-13(39(55)56)9-19(45)27(17)33(49)29(15)21)26-16-4-2-6-22(60-42-38(54)36(52)32(48)24(12-44)62-42)30(16)34(50)28-18(26)8-14(40(57)58)10-20(28)46;/h1-10,23-26,31-32,35-38,41-48,51-54H,11-12H2,(H,55,56)(H,57,58);. The Balaban J connectivity index is 0.00000595. The van der Waals surface area contributed by atoms with Gasteiger partial charge < -0.3 is 80.2 Å². The summed E-state index contributed by atoms with van der Waals surface area (Å²) in [6, 6.07) is 11.9. The zero-order chi connectivity index (χ0) is 44.6. The van der Waals surface area contributed by atoms with Crippen LogP contribution < -0.4 is 9.47 Å². The third-order valence-corrected chi connectivity index (χ3v) is 11.7. The number of aromatic hydroxyl groups is 2. The summed E-state index contributed by atoms with van der Waals surface area (Å²) in [5, 5.41) is 126. The number of carbonyl (C=O) groups is 4. The van der Waals surface area contributed by atoms with Gasteiger partial charge in [-0.15, -0.1) is 0 Å². The van der Waals surface area contributed by atoms with Crippen molar-refractivity contribution in [1.82, 2.24) is 0 Å². The molecule has 0 saturated carbocycles. The summed E-state index contributed by atoms with van der Waals surface area (Å²) in [6.45, 7) is -1.64. The molecule has 4 aromatic rings. The molecule has 21 heteroatoms. The van der Waals surface area contributed by atoms with Gasteiger partial charge in [0.05, 0.1) is 46.6 Å². The van der Waals surface area contributed by atoms with Gasteiger partial charge in [-0.1, -0.05) is 24.3 Å². The van der Waals surface area contributed by atoms with E-state index in [9.17, 15) is 80.5 Å². The molecular formula is C42H38CaO20. The van der Waals surface area contributed by atoms with Crippen molar-refractivity contribution >= 4 is 61.2 Å². The van der Waals surface area contributed by atoms with Gasteiger partial charge in [-0.05, 0) is 58.7 Å². The fraction of sp³-hybridized carbons (Fsp3) is 0.333. The van der Waals surface area contributed by atoms with Gasteiger partial charge in [0.25, 0.3) is 0 Å². The van der Waals surface area contributed by atoms with Crippen LogP contribution in [0.4, 0.5) is 0 Å². The van der Waals surface area contributed by atoms with Crippen LogP contribution in [0.1, 0.15) is 86.6 Å². The fourth-order valence-corrected chi connectivity index (χ4v) is 8.71. The average Bonchev–Trinajstić information content (AvgIpc) is 3.24. The van der Waals surface area contributed by atoms with Gasteiger partial charge in [-0.25, -0.2) is 9.59 Å². The number of hydrogen-bond acceptors (Lipinski definition) is 18. The first-order valence-electron chi connectivity index (χ1n) is 19.0. The Labute approximate surface area is 384 Å². The van der Waals surface area contributed by atoms with Crippen molar-refractivity contribution in [3.05, 3.63) is 116 Å². The quantitative estimate of drug-likeness (QED) is 0.0853. The van der Waals surface area contributed by atoms with Gasteiger partial charge in [-0.3, -0.25) is 9.59 Å². The Morgan fingerprint density at radius 3 is 1.22 bits per heavy atom. The van der Waals surface area contributed by atoms with Crippen LogP contribution in [0.15, 0.2) is 60.7 Å². The molecule has 2 aliphatic carbocycles. The smallest absolute Gasteiger partial charge is 0.335 e. The number of phenolic OH excluding ortho intramolecular Hbond substituents is 2. The molecule has 2 fully saturated rings. The van der Waals surface area contributed by atoms with Gasteiger partial charge in [0.1, 0.15) is 71.8 Å². The molecule has 12 N–H and O–H groups in total. The molecule has 328 valence electrons. The first-order chi connectivity index (χ1) is 29.5. The van der Waals surface area contributed by atoms with Gasteiger partial charge in [0.15, 0.2) is 0 Å². The number of aromatic carboxylic acids is 2. The molecule has 0 bridgehead atoms. The molecule has 0 spiro atoms. The summed E-state index contributed by atoms with van der Waals surface area (Å²) in [6.07, 6.45) is -17.7. The van der Waals surface area contributed by atoms with E-state index < -0.39 is 144 Å². The number of rotatable bonds is 9. The molecule has 63 heavy (non-hydrogen) atoms. The Morgan fingerprint density at radius 2 is 0.889 bits per heavy atom. The molecule has 2 heterocycles. The van der Waals surface area contributed by atoms with Crippen LogP contribution >= 0.6 is 0 Å². The van der Waals surface area contributed by atoms with Gasteiger partial charge in [0, 0.05) is 49.6 Å². The number of phenols is 2. The number of fused-ring (bicyclic) bond motifs is 4. The predicted octanol–water partition coefficient (Wildman–Crippen LogP) is -1.48. The third-order valence-electron chi connectivity index (χ3n) is 11.7. The molecule has 20 nitrogen and oxygen atoms in total. The van der Waals surface area contributed by atoms with Gasteiger partial charge in [0.2, 0.25) is 24.1 Å². The molecular weight excluding hydrogens is 865 g/mol. The van der Waals surface area contributed by atoms with E-state index in [2.05, 4.69) is 0 Å². The van der Waals surface area contributed by atoms with Crippen molar-refractivity contribution in [2.45, 2.75) is 73.2 Å². The summed E-state index contributed by atoms with van der Waals surface area (Å²) >= 11 is 0. The molecule has 2 aliphatic heterocycles. The van der Waals surface area contributed by atoms with Crippen molar-refractivity contribution in [3.8, 4) is 23.0 Å². The summed E-state index contributed by atoms with van der Waals surface area (Å²) < 4.78 is 23.0. The second-order valence-electron chi connectivity index (χ2n) is 15.2. The van der Waals surface area contributed by atoms with Gasteiger partial charge in [-0.2, -0.15) is 0 Å². The van der Waals surface area contributed by atoms with Crippen LogP contribution in [-0.2, 0) is 9.47 Å². The van der Waals surface area contributed by atoms with Crippen LogP contribution in [0, 0.1) is 0 Å². The molecule has 0 aromatic heterocycles. The fourth-order valence-electron chi connectivity index (χ4n) is 8.71. The number of aliphatic hydroxyl groups excluding tert-OH is 8. The molecule has 4 aliphatic rings. The molecule has 2 radical (unpaired) electrons. The van der Waals surface area contributed by atoms with Crippen LogP contribution in [0.5, 0.6) is 23.0 Å².